The normalized spacial score (nSPS) is 18.9. The fourth-order valence-electron chi connectivity index (χ4n) is 5.67. The Bertz CT molecular complexity index is 729. The van der Waals surface area contributed by atoms with E-state index in [2.05, 4.69) is 69.3 Å². The van der Waals surface area contributed by atoms with Crippen molar-refractivity contribution in [1.82, 2.24) is 0 Å². The van der Waals surface area contributed by atoms with Crippen molar-refractivity contribution >= 4 is 0 Å². The van der Waals surface area contributed by atoms with E-state index in [9.17, 15) is 0 Å². The average molecular weight is 433 g/mol. The molecule has 0 bridgehead atoms. The average Bonchev–Trinajstić information content (AvgIpc) is 2.81. The second-order valence-corrected chi connectivity index (χ2v) is 10.9. The fraction of sp³-hybridized carbons (Fsp3) is 0.625. The smallest absolute Gasteiger partial charge is 0.0162 e. The molecule has 1 saturated carbocycles. The van der Waals surface area contributed by atoms with E-state index in [-0.39, 0.29) is 0 Å². The van der Waals surface area contributed by atoms with Gasteiger partial charge in [0.2, 0.25) is 0 Å². The number of hydrogen-bond donors (Lipinski definition) is 0. The first-order chi connectivity index (χ1) is 15.7. The zero-order valence-electron chi connectivity index (χ0n) is 21.3. The molecule has 0 unspecified atom stereocenters. The molecular formula is C32H48. The van der Waals surface area contributed by atoms with Crippen LogP contribution in [0.5, 0.6) is 0 Å². The lowest BCUT2D eigenvalue weighted by Gasteiger charge is -2.29. The van der Waals surface area contributed by atoms with Crippen LogP contribution in [0.1, 0.15) is 121 Å². The maximum Gasteiger partial charge on any atom is -0.0162 e. The first-order valence-corrected chi connectivity index (χ1v) is 13.8. The van der Waals surface area contributed by atoms with E-state index in [1.165, 1.54) is 107 Å². The summed E-state index contributed by atoms with van der Waals surface area (Å²) in [4.78, 5) is 0. The molecule has 0 radical (unpaired) electrons. The summed E-state index contributed by atoms with van der Waals surface area (Å²) in [6, 6.07) is 18.8. The third-order valence-electron chi connectivity index (χ3n) is 7.64. The SMILES string of the molecule is CCCCCCCCCCc1ccc(-c2ccc(C3CCC(CC(C)C)CC3)cc2)cc1. The van der Waals surface area contributed by atoms with Gasteiger partial charge in [-0.1, -0.05) is 114 Å². The summed E-state index contributed by atoms with van der Waals surface area (Å²) in [6.07, 6.45) is 19.4. The second-order valence-electron chi connectivity index (χ2n) is 10.9. The zero-order valence-corrected chi connectivity index (χ0v) is 21.3. The third-order valence-corrected chi connectivity index (χ3v) is 7.64. The topological polar surface area (TPSA) is 0 Å². The van der Waals surface area contributed by atoms with Crippen molar-refractivity contribution in [3.05, 3.63) is 59.7 Å². The van der Waals surface area contributed by atoms with Gasteiger partial charge < -0.3 is 0 Å². The second kappa shape index (κ2) is 13.9. The summed E-state index contributed by atoms with van der Waals surface area (Å²) in [6.45, 7) is 7.03. The lowest BCUT2D eigenvalue weighted by Crippen LogP contribution is -2.14. The van der Waals surface area contributed by atoms with E-state index in [1.54, 1.807) is 5.56 Å². The molecule has 1 aliphatic rings. The van der Waals surface area contributed by atoms with Gasteiger partial charge in [0.15, 0.2) is 0 Å². The van der Waals surface area contributed by atoms with Gasteiger partial charge in [-0.15, -0.1) is 0 Å². The standard InChI is InChI=1S/C32H48/c1-4-5-6-7-8-9-10-11-12-27-13-17-29(18-14-27)31-21-23-32(24-22-31)30-19-15-28(16-20-30)25-26(2)3/h13-14,17-18,21-24,26,28,30H,4-12,15-16,19-20,25H2,1-3H3. The van der Waals surface area contributed by atoms with Crippen molar-refractivity contribution in [2.24, 2.45) is 11.8 Å². The minimum Gasteiger partial charge on any atom is -0.0654 e. The van der Waals surface area contributed by atoms with Crippen LogP contribution in [0.4, 0.5) is 0 Å². The van der Waals surface area contributed by atoms with Gasteiger partial charge in [0.1, 0.15) is 0 Å². The molecule has 0 N–H and O–H groups in total. The van der Waals surface area contributed by atoms with Crippen LogP contribution in [0.25, 0.3) is 11.1 Å². The molecule has 2 aromatic rings. The first-order valence-electron chi connectivity index (χ1n) is 13.8. The van der Waals surface area contributed by atoms with Crippen LogP contribution >= 0.6 is 0 Å². The molecule has 0 heterocycles. The maximum absolute atomic E-state index is 2.40. The predicted molar refractivity (Wildman–Crippen MR) is 142 cm³/mol. The minimum atomic E-state index is 0.779. The minimum absolute atomic E-state index is 0.779. The number of aryl methyl sites for hydroxylation is 1. The van der Waals surface area contributed by atoms with Gasteiger partial charge in [-0.05, 0) is 85.0 Å². The Morgan fingerprint density at radius 3 is 1.75 bits per heavy atom. The van der Waals surface area contributed by atoms with E-state index in [0.717, 1.165) is 17.8 Å². The molecule has 1 fully saturated rings. The Morgan fingerprint density at radius 1 is 0.656 bits per heavy atom. The molecule has 0 spiro atoms. The zero-order chi connectivity index (χ0) is 22.6. The molecule has 0 aliphatic heterocycles. The van der Waals surface area contributed by atoms with Crippen LogP contribution in [0, 0.1) is 11.8 Å². The first kappa shape index (κ1) is 25.1. The fourth-order valence-corrected chi connectivity index (χ4v) is 5.67. The Balaban J connectivity index is 1.40. The summed E-state index contributed by atoms with van der Waals surface area (Å²) >= 11 is 0. The van der Waals surface area contributed by atoms with Gasteiger partial charge in [0, 0.05) is 0 Å². The lowest BCUT2D eigenvalue weighted by atomic mass is 9.76. The lowest BCUT2D eigenvalue weighted by molar-refractivity contribution is 0.283. The van der Waals surface area contributed by atoms with E-state index in [4.69, 9.17) is 0 Å². The molecular weight excluding hydrogens is 384 g/mol. The molecule has 0 heteroatoms. The quantitative estimate of drug-likeness (QED) is 0.276. The Kier molecular flexibility index (Phi) is 10.9. The van der Waals surface area contributed by atoms with Crippen LogP contribution in [0.3, 0.4) is 0 Å². The largest absolute Gasteiger partial charge is 0.0654 e. The van der Waals surface area contributed by atoms with Crippen molar-refractivity contribution in [1.29, 1.82) is 0 Å². The number of unbranched alkanes of at least 4 members (excludes halogenated alkanes) is 7. The van der Waals surface area contributed by atoms with Gasteiger partial charge in [0.05, 0.1) is 0 Å². The highest BCUT2D eigenvalue weighted by atomic mass is 14.3. The number of hydrogen-bond acceptors (Lipinski definition) is 0. The van der Waals surface area contributed by atoms with Crippen molar-refractivity contribution in [3.8, 4) is 11.1 Å². The van der Waals surface area contributed by atoms with Crippen molar-refractivity contribution in [2.75, 3.05) is 0 Å². The summed E-state index contributed by atoms with van der Waals surface area (Å²) < 4.78 is 0. The molecule has 3 rings (SSSR count). The van der Waals surface area contributed by atoms with Gasteiger partial charge in [-0.3, -0.25) is 0 Å². The molecule has 0 nitrogen and oxygen atoms in total. The molecule has 0 amide bonds. The number of benzene rings is 2. The van der Waals surface area contributed by atoms with Crippen molar-refractivity contribution in [2.45, 2.75) is 117 Å². The van der Waals surface area contributed by atoms with E-state index in [1.807, 2.05) is 0 Å². The van der Waals surface area contributed by atoms with E-state index in [0.29, 0.717) is 0 Å². The highest BCUT2D eigenvalue weighted by Crippen LogP contribution is 2.38. The molecule has 2 aromatic carbocycles. The molecule has 0 saturated heterocycles. The van der Waals surface area contributed by atoms with Crippen LogP contribution in [-0.2, 0) is 6.42 Å². The molecule has 0 atom stereocenters. The number of rotatable bonds is 13. The predicted octanol–water partition coefficient (Wildman–Crippen LogP) is 10.4. The molecule has 0 aromatic heterocycles. The van der Waals surface area contributed by atoms with E-state index < -0.39 is 0 Å². The van der Waals surface area contributed by atoms with Crippen LogP contribution < -0.4 is 0 Å². The van der Waals surface area contributed by atoms with Gasteiger partial charge >= 0.3 is 0 Å². The Hall–Kier alpha value is -1.56. The summed E-state index contributed by atoms with van der Waals surface area (Å²) in [5, 5.41) is 0. The molecule has 32 heavy (non-hydrogen) atoms. The van der Waals surface area contributed by atoms with Gasteiger partial charge in [-0.25, -0.2) is 0 Å². The molecule has 1 aliphatic carbocycles. The van der Waals surface area contributed by atoms with Crippen LogP contribution in [-0.4, -0.2) is 0 Å². The van der Waals surface area contributed by atoms with Crippen LogP contribution in [0.15, 0.2) is 48.5 Å². The third kappa shape index (κ3) is 8.42. The molecule has 176 valence electrons. The summed E-state index contributed by atoms with van der Waals surface area (Å²) in [5.41, 5.74) is 5.77. The van der Waals surface area contributed by atoms with Crippen molar-refractivity contribution < 1.29 is 0 Å². The summed E-state index contributed by atoms with van der Waals surface area (Å²) in [7, 11) is 0. The Morgan fingerprint density at radius 2 is 1.19 bits per heavy atom. The van der Waals surface area contributed by atoms with E-state index >= 15 is 0 Å². The highest BCUT2D eigenvalue weighted by Gasteiger charge is 2.22. The highest BCUT2D eigenvalue weighted by molar-refractivity contribution is 5.64. The monoisotopic (exact) mass is 432 g/mol. The van der Waals surface area contributed by atoms with Gasteiger partial charge in [-0.2, -0.15) is 0 Å². The summed E-state index contributed by atoms with van der Waals surface area (Å²) in [5.74, 6) is 2.60. The van der Waals surface area contributed by atoms with Crippen molar-refractivity contribution in [3.63, 3.8) is 0 Å². The van der Waals surface area contributed by atoms with Crippen LogP contribution in [0.2, 0.25) is 0 Å². The Labute approximate surface area is 199 Å². The van der Waals surface area contributed by atoms with Gasteiger partial charge in [0.25, 0.3) is 0 Å². The maximum atomic E-state index is 2.40.